The van der Waals surface area contributed by atoms with E-state index >= 15 is 0 Å². The van der Waals surface area contributed by atoms with Crippen LogP contribution in [-0.4, -0.2) is 50.5 Å². The minimum atomic E-state index is -0.726. The van der Waals surface area contributed by atoms with Crippen LogP contribution in [0.15, 0.2) is 109 Å². The Bertz CT molecular complexity index is 1340. The minimum Gasteiger partial charge on any atom is -0.497 e. The lowest BCUT2D eigenvalue weighted by Crippen LogP contribution is -2.27. The van der Waals surface area contributed by atoms with Crippen LogP contribution in [-0.2, 0) is 45.4 Å². The number of nitrogens with zero attached hydrogens (tertiary/aromatic N) is 2. The maximum atomic E-state index is 12.9. The van der Waals surface area contributed by atoms with Crippen LogP contribution in [0.1, 0.15) is 22.3 Å². The Morgan fingerprint density at radius 3 is 0.848 bits per heavy atom. The van der Waals surface area contributed by atoms with E-state index in [1.807, 2.05) is 97.1 Å². The van der Waals surface area contributed by atoms with Gasteiger partial charge in [0, 0.05) is 12.2 Å². The van der Waals surface area contributed by atoms with E-state index in [2.05, 4.69) is 0 Å². The molecule has 0 bridgehead atoms. The van der Waals surface area contributed by atoms with E-state index in [9.17, 15) is 9.59 Å². The lowest BCUT2D eigenvalue weighted by Gasteiger charge is -2.22. The minimum absolute atomic E-state index is 0.303. The molecule has 0 aliphatic heterocycles. The van der Waals surface area contributed by atoms with Gasteiger partial charge in [-0.25, -0.2) is 9.59 Å². The average Bonchev–Trinajstić information content (AvgIpc) is 3.08. The third-order valence-corrected chi connectivity index (χ3v) is 6.87. The zero-order chi connectivity index (χ0) is 32.7. The summed E-state index contributed by atoms with van der Waals surface area (Å²) in [7, 11) is 6.39. The summed E-state index contributed by atoms with van der Waals surface area (Å²) in [5.74, 6) is 1.43. The van der Waals surface area contributed by atoms with E-state index in [1.165, 1.54) is 10.1 Å². The molecule has 0 saturated carbocycles. The van der Waals surface area contributed by atoms with Crippen molar-refractivity contribution >= 4 is 11.9 Å². The molecule has 0 amide bonds. The van der Waals surface area contributed by atoms with Gasteiger partial charge in [-0.1, -0.05) is 48.5 Å². The van der Waals surface area contributed by atoms with E-state index in [0.29, 0.717) is 26.2 Å². The monoisotopic (exact) mass is 626 g/mol. The predicted octanol–water partition coefficient (Wildman–Crippen LogP) is 5.90. The van der Waals surface area contributed by atoms with Gasteiger partial charge in [-0.15, -0.1) is 10.1 Å². The number of carbonyl (C=O) groups excluding carboxylic acids is 2. The molecule has 240 valence electrons. The number of hydroxylamine groups is 4. The highest BCUT2D eigenvalue weighted by atomic mass is 16.7. The fraction of sp³-hybridized carbons (Fsp3) is 0.222. The van der Waals surface area contributed by atoms with Crippen LogP contribution in [0, 0.1) is 0 Å². The van der Waals surface area contributed by atoms with Gasteiger partial charge in [0.25, 0.3) is 0 Å². The zero-order valence-corrected chi connectivity index (χ0v) is 26.4. The standard InChI is InChI=1S/C36H38N2O8/c1-41-31-13-5-27(6-14-31)23-37(24-28-7-15-32(42-2)16-8-28)45-35(39)21-22-36(40)46-38(25-29-9-17-33(43-3)18-10-29)26-30-11-19-34(44-4)20-12-30/h5-22H,23-26H2,1-4H3/b22-21-. The largest absolute Gasteiger partial charge is 0.497 e. The Balaban J connectivity index is 1.43. The molecular formula is C36H38N2O8. The van der Waals surface area contributed by atoms with Crippen LogP contribution in [0.4, 0.5) is 0 Å². The summed E-state index contributed by atoms with van der Waals surface area (Å²) in [5.41, 5.74) is 3.60. The second kappa shape index (κ2) is 17.2. The first-order valence-electron chi connectivity index (χ1n) is 14.5. The maximum absolute atomic E-state index is 12.9. The number of rotatable bonds is 16. The van der Waals surface area contributed by atoms with Crippen LogP contribution in [0.25, 0.3) is 0 Å². The lowest BCUT2D eigenvalue weighted by molar-refractivity contribution is -0.193. The molecule has 46 heavy (non-hydrogen) atoms. The maximum Gasteiger partial charge on any atom is 0.349 e. The fourth-order valence-corrected chi connectivity index (χ4v) is 4.43. The average molecular weight is 627 g/mol. The third-order valence-electron chi connectivity index (χ3n) is 6.87. The van der Waals surface area contributed by atoms with Crippen molar-refractivity contribution in [1.29, 1.82) is 0 Å². The summed E-state index contributed by atoms with van der Waals surface area (Å²) in [4.78, 5) is 37.1. The number of ether oxygens (including phenoxy) is 4. The normalized spacial score (nSPS) is 11.0. The fourth-order valence-electron chi connectivity index (χ4n) is 4.43. The molecule has 0 saturated heterocycles. The van der Waals surface area contributed by atoms with Crippen LogP contribution in [0.2, 0.25) is 0 Å². The molecule has 4 aromatic carbocycles. The first kappa shape index (κ1) is 33.6. The van der Waals surface area contributed by atoms with Gasteiger partial charge in [-0.05, 0) is 70.8 Å². The second-order valence-electron chi connectivity index (χ2n) is 10.1. The smallest absolute Gasteiger partial charge is 0.349 e. The van der Waals surface area contributed by atoms with Gasteiger partial charge < -0.3 is 28.6 Å². The topological polar surface area (TPSA) is 96.0 Å². The summed E-state index contributed by atoms with van der Waals surface area (Å²) < 4.78 is 21.0. The molecule has 0 radical (unpaired) electrons. The molecule has 0 N–H and O–H groups in total. The Morgan fingerprint density at radius 2 is 0.652 bits per heavy atom. The van der Waals surface area contributed by atoms with Gasteiger partial charge >= 0.3 is 11.9 Å². The molecule has 0 aliphatic rings. The summed E-state index contributed by atoms with van der Waals surface area (Å²) in [5, 5.41) is 3.03. The molecule has 0 atom stereocenters. The van der Waals surface area contributed by atoms with E-state index in [4.69, 9.17) is 28.6 Å². The van der Waals surface area contributed by atoms with Crippen molar-refractivity contribution in [3.05, 3.63) is 131 Å². The van der Waals surface area contributed by atoms with Gasteiger partial charge in [0.15, 0.2) is 0 Å². The number of hydrogen-bond donors (Lipinski definition) is 0. The molecule has 0 spiro atoms. The van der Waals surface area contributed by atoms with Gasteiger partial charge in [-0.2, -0.15) is 0 Å². The van der Waals surface area contributed by atoms with E-state index < -0.39 is 11.9 Å². The van der Waals surface area contributed by atoms with Crippen LogP contribution < -0.4 is 18.9 Å². The number of carbonyl (C=O) groups is 2. The molecule has 0 heterocycles. The van der Waals surface area contributed by atoms with Crippen molar-refractivity contribution in [2.24, 2.45) is 0 Å². The van der Waals surface area contributed by atoms with Crippen LogP contribution >= 0.6 is 0 Å². The molecule has 10 heteroatoms. The van der Waals surface area contributed by atoms with Gasteiger partial charge in [0.05, 0.1) is 54.6 Å². The summed E-state index contributed by atoms with van der Waals surface area (Å²) in [6, 6.07) is 29.8. The SMILES string of the molecule is COc1ccc(CN(Cc2ccc(OC)cc2)OC(=O)/C=C\C(=O)ON(Cc2ccc(OC)cc2)Cc2ccc(OC)cc2)cc1. The molecule has 10 nitrogen and oxygen atoms in total. The Hall–Kier alpha value is -5.32. The number of methoxy groups -OCH3 is 4. The van der Waals surface area contributed by atoms with E-state index in [1.54, 1.807) is 28.4 Å². The van der Waals surface area contributed by atoms with Crippen molar-refractivity contribution in [2.45, 2.75) is 26.2 Å². The van der Waals surface area contributed by atoms with E-state index in [-0.39, 0.29) is 0 Å². The highest BCUT2D eigenvalue weighted by Gasteiger charge is 2.16. The van der Waals surface area contributed by atoms with Crippen LogP contribution in [0.5, 0.6) is 23.0 Å². The molecule has 4 aromatic rings. The van der Waals surface area contributed by atoms with Crippen molar-refractivity contribution in [3.63, 3.8) is 0 Å². The van der Waals surface area contributed by atoms with E-state index in [0.717, 1.165) is 57.4 Å². The molecular weight excluding hydrogens is 588 g/mol. The number of hydrogen-bond acceptors (Lipinski definition) is 10. The Labute approximate surface area is 269 Å². The summed E-state index contributed by atoms with van der Waals surface area (Å²) in [6.45, 7) is 1.21. The van der Waals surface area contributed by atoms with Crippen molar-refractivity contribution in [2.75, 3.05) is 28.4 Å². The van der Waals surface area contributed by atoms with Crippen molar-refractivity contribution < 1.29 is 38.2 Å². The van der Waals surface area contributed by atoms with Gasteiger partial charge in [-0.3, -0.25) is 0 Å². The predicted molar refractivity (Wildman–Crippen MR) is 172 cm³/mol. The van der Waals surface area contributed by atoms with Crippen LogP contribution in [0.3, 0.4) is 0 Å². The molecule has 0 fully saturated rings. The Morgan fingerprint density at radius 1 is 0.435 bits per heavy atom. The van der Waals surface area contributed by atoms with Gasteiger partial charge in [0.2, 0.25) is 0 Å². The number of benzene rings is 4. The first-order chi connectivity index (χ1) is 22.4. The highest BCUT2D eigenvalue weighted by molar-refractivity contribution is 5.91. The third kappa shape index (κ3) is 10.7. The van der Waals surface area contributed by atoms with Crippen molar-refractivity contribution in [1.82, 2.24) is 10.1 Å². The molecule has 0 aromatic heterocycles. The molecule has 4 rings (SSSR count). The quantitative estimate of drug-likeness (QED) is 0.111. The van der Waals surface area contributed by atoms with Crippen molar-refractivity contribution in [3.8, 4) is 23.0 Å². The summed E-state index contributed by atoms with van der Waals surface area (Å²) >= 11 is 0. The lowest BCUT2D eigenvalue weighted by atomic mass is 10.2. The highest BCUT2D eigenvalue weighted by Crippen LogP contribution is 2.19. The zero-order valence-electron chi connectivity index (χ0n) is 26.4. The summed E-state index contributed by atoms with van der Waals surface area (Å²) in [6.07, 6.45) is 2.10. The molecule has 0 unspecified atom stereocenters. The Kier molecular flexibility index (Phi) is 12.6. The van der Waals surface area contributed by atoms with Gasteiger partial charge in [0.1, 0.15) is 23.0 Å². The molecule has 0 aliphatic carbocycles. The first-order valence-corrected chi connectivity index (χ1v) is 14.5. The second-order valence-corrected chi connectivity index (χ2v) is 10.1.